The molecule has 28 heavy (non-hydrogen) atoms. The third kappa shape index (κ3) is 5.48. The van der Waals surface area contributed by atoms with Crippen LogP contribution in [0.5, 0.6) is 5.75 Å². The van der Waals surface area contributed by atoms with Crippen LogP contribution >= 0.6 is 0 Å². The van der Waals surface area contributed by atoms with Gasteiger partial charge in [-0.1, -0.05) is 13.8 Å². The first-order valence-electron chi connectivity index (χ1n) is 10.8. The zero-order chi connectivity index (χ0) is 20.1. The summed E-state index contributed by atoms with van der Waals surface area (Å²) in [6, 6.07) is 7.65. The van der Waals surface area contributed by atoms with Gasteiger partial charge in [-0.25, -0.2) is 0 Å². The Labute approximate surface area is 169 Å². The van der Waals surface area contributed by atoms with Crippen LogP contribution < -0.4 is 10.1 Å². The summed E-state index contributed by atoms with van der Waals surface area (Å²) in [6.07, 6.45) is 3.45. The number of amides is 1. The van der Waals surface area contributed by atoms with E-state index in [1.165, 1.54) is 6.42 Å². The third-order valence-electron chi connectivity index (χ3n) is 5.98. The first-order valence-corrected chi connectivity index (χ1v) is 10.8. The molecule has 3 atom stereocenters. The molecule has 0 spiro atoms. The van der Waals surface area contributed by atoms with Gasteiger partial charge >= 0.3 is 0 Å². The van der Waals surface area contributed by atoms with Gasteiger partial charge in [0.1, 0.15) is 18.0 Å². The Hall–Kier alpha value is -1.59. The van der Waals surface area contributed by atoms with Crippen molar-refractivity contribution < 1.29 is 14.3 Å². The van der Waals surface area contributed by atoms with Crippen molar-refractivity contribution in [2.75, 3.05) is 38.2 Å². The maximum Gasteiger partial charge on any atom is 0.256 e. The standard InChI is InChI=1S/C23H36N2O3/c1-5-28-23(4,19-6-7-19)22(26)24-20-8-10-21(11-9-20)27-13-12-25-15-17(2)14-18(3)16-25/h8-11,17-19H,5-7,12-16H2,1-4H3,(H,24,26)/t17-,18-,23-/m1/s1. The van der Waals surface area contributed by atoms with Crippen LogP contribution in [-0.4, -0.2) is 49.3 Å². The van der Waals surface area contributed by atoms with Gasteiger partial charge in [0.05, 0.1) is 0 Å². The summed E-state index contributed by atoms with van der Waals surface area (Å²) in [4.78, 5) is 15.2. The molecule has 3 rings (SSSR count). The number of ether oxygens (including phenoxy) is 2. The summed E-state index contributed by atoms with van der Waals surface area (Å²) in [6.45, 7) is 13.0. The van der Waals surface area contributed by atoms with Crippen molar-refractivity contribution in [2.24, 2.45) is 17.8 Å². The Kier molecular flexibility index (Phi) is 7.00. The zero-order valence-electron chi connectivity index (χ0n) is 17.9. The van der Waals surface area contributed by atoms with E-state index in [1.807, 2.05) is 38.1 Å². The molecule has 2 fully saturated rings. The largest absolute Gasteiger partial charge is 0.492 e. The molecular weight excluding hydrogens is 352 g/mol. The number of hydrogen-bond donors (Lipinski definition) is 1. The second kappa shape index (κ2) is 9.27. The van der Waals surface area contributed by atoms with Crippen LogP contribution in [0, 0.1) is 17.8 Å². The summed E-state index contributed by atoms with van der Waals surface area (Å²) in [7, 11) is 0. The Bertz CT molecular complexity index is 634. The molecular formula is C23H36N2O3. The third-order valence-corrected chi connectivity index (χ3v) is 5.98. The van der Waals surface area contributed by atoms with Crippen molar-refractivity contribution in [1.29, 1.82) is 0 Å². The Morgan fingerprint density at radius 1 is 1.18 bits per heavy atom. The van der Waals surface area contributed by atoms with E-state index in [2.05, 4.69) is 24.1 Å². The molecule has 1 heterocycles. The van der Waals surface area contributed by atoms with Crippen LogP contribution in [0.4, 0.5) is 5.69 Å². The van der Waals surface area contributed by atoms with Gasteiger partial charge in [-0.05, 0) is 75.1 Å². The van der Waals surface area contributed by atoms with Crippen molar-refractivity contribution >= 4 is 11.6 Å². The minimum absolute atomic E-state index is 0.0566. The summed E-state index contributed by atoms with van der Waals surface area (Å²) in [5, 5.41) is 3.01. The molecule has 5 nitrogen and oxygen atoms in total. The number of benzene rings is 1. The fourth-order valence-corrected chi connectivity index (χ4v) is 4.46. The second-order valence-electron chi connectivity index (χ2n) is 8.85. The van der Waals surface area contributed by atoms with Gasteiger partial charge in [0.15, 0.2) is 0 Å². The van der Waals surface area contributed by atoms with E-state index >= 15 is 0 Å². The average molecular weight is 389 g/mol. The number of hydrogen-bond acceptors (Lipinski definition) is 4. The summed E-state index contributed by atoms with van der Waals surface area (Å²) >= 11 is 0. The lowest BCUT2D eigenvalue weighted by Crippen LogP contribution is -2.44. The van der Waals surface area contributed by atoms with Gasteiger partial charge in [0.25, 0.3) is 5.91 Å². The van der Waals surface area contributed by atoms with E-state index in [9.17, 15) is 4.79 Å². The summed E-state index contributed by atoms with van der Waals surface area (Å²) in [5.74, 6) is 2.65. The molecule has 1 saturated heterocycles. The topological polar surface area (TPSA) is 50.8 Å². The first-order chi connectivity index (χ1) is 13.4. The minimum atomic E-state index is -0.730. The van der Waals surface area contributed by atoms with Gasteiger partial charge in [-0.15, -0.1) is 0 Å². The molecule has 1 aromatic carbocycles. The summed E-state index contributed by atoms with van der Waals surface area (Å²) in [5.41, 5.74) is 0.0507. The molecule has 1 aliphatic carbocycles. The van der Waals surface area contributed by atoms with Crippen molar-refractivity contribution in [3.63, 3.8) is 0 Å². The van der Waals surface area contributed by atoms with Gasteiger partial charge in [0.2, 0.25) is 0 Å². The number of piperidine rings is 1. The van der Waals surface area contributed by atoms with E-state index in [4.69, 9.17) is 9.47 Å². The van der Waals surface area contributed by atoms with E-state index in [1.54, 1.807) is 0 Å². The predicted octanol–water partition coefficient (Wildman–Crippen LogP) is 4.19. The quantitative estimate of drug-likeness (QED) is 0.689. The minimum Gasteiger partial charge on any atom is -0.492 e. The van der Waals surface area contributed by atoms with Crippen LogP contribution in [0.15, 0.2) is 24.3 Å². The van der Waals surface area contributed by atoms with Crippen LogP contribution in [0.1, 0.15) is 47.0 Å². The monoisotopic (exact) mass is 388 g/mol. The predicted molar refractivity (Wildman–Crippen MR) is 113 cm³/mol. The molecule has 0 radical (unpaired) electrons. The number of anilines is 1. The molecule has 5 heteroatoms. The second-order valence-corrected chi connectivity index (χ2v) is 8.85. The normalized spacial score (nSPS) is 25.1. The fraction of sp³-hybridized carbons (Fsp3) is 0.696. The van der Waals surface area contributed by atoms with Crippen LogP contribution in [0.3, 0.4) is 0 Å². The van der Waals surface area contributed by atoms with Gasteiger partial charge in [-0.3, -0.25) is 9.69 Å². The van der Waals surface area contributed by atoms with Gasteiger partial charge in [-0.2, -0.15) is 0 Å². The maximum absolute atomic E-state index is 12.7. The van der Waals surface area contributed by atoms with Crippen molar-refractivity contribution in [1.82, 2.24) is 4.90 Å². The maximum atomic E-state index is 12.7. The first kappa shape index (κ1) is 21.1. The van der Waals surface area contributed by atoms with Crippen molar-refractivity contribution in [3.05, 3.63) is 24.3 Å². The van der Waals surface area contributed by atoms with E-state index in [-0.39, 0.29) is 5.91 Å². The Morgan fingerprint density at radius 3 is 2.39 bits per heavy atom. The Morgan fingerprint density at radius 2 is 1.82 bits per heavy atom. The number of rotatable bonds is 9. The van der Waals surface area contributed by atoms with Crippen molar-refractivity contribution in [2.45, 2.75) is 52.6 Å². The number of nitrogens with zero attached hydrogens (tertiary/aromatic N) is 1. The fourth-order valence-electron chi connectivity index (χ4n) is 4.46. The molecule has 1 saturated carbocycles. The van der Waals surface area contributed by atoms with Gasteiger partial charge in [0, 0.05) is 31.9 Å². The molecule has 0 unspecified atom stereocenters. The number of carbonyl (C=O) groups is 1. The van der Waals surface area contributed by atoms with E-state index in [0.29, 0.717) is 19.1 Å². The number of carbonyl (C=O) groups excluding carboxylic acids is 1. The average Bonchev–Trinajstić information content (AvgIpc) is 3.48. The highest BCUT2D eigenvalue weighted by molar-refractivity contribution is 5.97. The highest BCUT2D eigenvalue weighted by Gasteiger charge is 2.48. The van der Waals surface area contributed by atoms with Crippen molar-refractivity contribution in [3.8, 4) is 5.75 Å². The highest BCUT2D eigenvalue weighted by atomic mass is 16.5. The van der Waals surface area contributed by atoms with Crippen LogP contribution in [0.2, 0.25) is 0 Å². The molecule has 0 aromatic heterocycles. The SMILES string of the molecule is CCO[C@@](C)(C(=O)Nc1ccc(OCCN2C[C@H](C)C[C@@H](C)C2)cc1)C1CC1. The highest BCUT2D eigenvalue weighted by Crippen LogP contribution is 2.42. The lowest BCUT2D eigenvalue weighted by Gasteiger charge is -2.34. The number of nitrogens with one attached hydrogen (secondary N) is 1. The molecule has 2 aliphatic rings. The van der Waals surface area contributed by atoms with Gasteiger partial charge < -0.3 is 14.8 Å². The molecule has 1 aliphatic heterocycles. The summed E-state index contributed by atoms with van der Waals surface area (Å²) < 4.78 is 11.7. The lowest BCUT2D eigenvalue weighted by molar-refractivity contribution is -0.141. The molecule has 1 amide bonds. The molecule has 156 valence electrons. The van der Waals surface area contributed by atoms with Crippen LogP contribution in [-0.2, 0) is 9.53 Å². The number of likely N-dealkylation sites (tertiary alicyclic amines) is 1. The van der Waals surface area contributed by atoms with E-state index < -0.39 is 5.60 Å². The van der Waals surface area contributed by atoms with E-state index in [0.717, 1.165) is 55.7 Å². The smallest absolute Gasteiger partial charge is 0.256 e. The molecule has 0 bridgehead atoms. The molecule has 1 N–H and O–H groups in total. The zero-order valence-corrected chi connectivity index (χ0v) is 17.9. The molecule has 1 aromatic rings. The Balaban J connectivity index is 1.46. The van der Waals surface area contributed by atoms with Crippen LogP contribution in [0.25, 0.3) is 0 Å². The lowest BCUT2D eigenvalue weighted by atomic mass is 9.92.